The van der Waals surface area contributed by atoms with Gasteiger partial charge in [-0.25, -0.2) is 0 Å². The van der Waals surface area contributed by atoms with Crippen LogP contribution in [0.15, 0.2) is 57.8 Å². The van der Waals surface area contributed by atoms with E-state index in [0.29, 0.717) is 16.5 Å². The van der Waals surface area contributed by atoms with Crippen molar-refractivity contribution < 1.29 is 17.9 Å². The molecule has 0 aliphatic carbocycles. The largest absolute Gasteiger partial charge is 0.461 e. The Labute approximate surface area is 169 Å². The number of nitrogens with zero attached hydrogens (tertiary/aromatic N) is 1. The third-order valence-corrected chi connectivity index (χ3v) is 5.84. The second-order valence-electron chi connectivity index (χ2n) is 7.44. The van der Waals surface area contributed by atoms with Gasteiger partial charge < -0.3 is 10.1 Å². The van der Waals surface area contributed by atoms with Crippen LogP contribution in [-0.2, 0) is 26.2 Å². The highest BCUT2D eigenvalue weighted by Gasteiger charge is 2.30. The van der Waals surface area contributed by atoms with E-state index in [1.165, 1.54) is 6.07 Å². The molecule has 0 unspecified atom stereocenters. The minimum absolute atomic E-state index is 0.121. The summed E-state index contributed by atoms with van der Waals surface area (Å²) in [6.45, 7) is 3.87. The van der Waals surface area contributed by atoms with E-state index in [4.69, 9.17) is 16.3 Å². The average Bonchev–Trinajstić information content (AvgIpc) is 2.58. The molecule has 0 saturated carbocycles. The van der Waals surface area contributed by atoms with Crippen molar-refractivity contribution in [2.24, 2.45) is 9.81 Å². The standard InChI is InChI=1S/C20H21ClN2O4S/c1-20(2,12-19(24)27-13-14-6-5-7-15(21)10-14)11-18-22-16-8-3-4-9-17(16)28(25,26)23-18/h3-10H,11-13H2,1-2H3,(H,22,23). The molecule has 8 heteroatoms. The number of rotatable bonds is 6. The number of halogens is 1. The van der Waals surface area contributed by atoms with Crippen LogP contribution >= 0.6 is 11.6 Å². The lowest BCUT2D eigenvalue weighted by Gasteiger charge is -2.26. The van der Waals surface area contributed by atoms with E-state index < -0.39 is 15.4 Å². The highest BCUT2D eigenvalue weighted by atomic mass is 35.5. The van der Waals surface area contributed by atoms with Gasteiger partial charge in [0.05, 0.1) is 12.1 Å². The summed E-state index contributed by atoms with van der Waals surface area (Å²) in [4.78, 5) is 12.4. The van der Waals surface area contributed by atoms with Gasteiger partial charge in [0, 0.05) is 11.4 Å². The van der Waals surface area contributed by atoms with E-state index in [0.717, 1.165) is 5.56 Å². The maximum Gasteiger partial charge on any atom is 0.306 e. The maximum absolute atomic E-state index is 12.3. The van der Waals surface area contributed by atoms with Gasteiger partial charge in [0.1, 0.15) is 17.3 Å². The van der Waals surface area contributed by atoms with E-state index in [9.17, 15) is 13.2 Å². The summed E-state index contributed by atoms with van der Waals surface area (Å²) in [5.41, 5.74) is 0.755. The third kappa shape index (κ3) is 5.11. The first kappa shape index (κ1) is 20.4. The molecule has 0 amide bonds. The number of hydrogen-bond donors (Lipinski definition) is 1. The van der Waals surface area contributed by atoms with Crippen LogP contribution in [0, 0.1) is 5.41 Å². The van der Waals surface area contributed by atoms with Gasteiger partial charge in [-0.1, -0.05) is 49.7 Å². The summed E-state index contributed by atoms with van der Waals surface area (Å²) in [6, 6.07) is 13.7. The zero-order chi connectivity index (χ0) is 20.4. The van der Waals surface area contributed by atoms with Crippen molar-refractivity contribution in [1.82, 2.24) is 0 Å². The van der Waals surface area contributed by atoms with Crippen LogP contribution in [0.4, 0.5) is 5.69 Å². The van der Waals surface area contributed by atoms with Crippen molar-refractivity contribution in [2.45, 2.75) is 38.2 Å². The van der Waals surface area contributed by atoms with Gasteiger partial charge in [0.15, 0.2) is 0 Å². The van der Waals surface area contributed by atoms with Crippen LogP contribution in [-0.4, -0.2) is 20.2 Å². The summed E-state index contributed by atoms with van der Waals surface area (Å²) in [6.07, 6.45) is 0.406. The first-order valence-corrected chi connectivity index (χ1v) is 10.6. The number of esters is 1. The fraction of sp³-hybridized carbons (Fsp3) is 0.300. The second kappa shape index (κ2) is 7.93. The van der Waals surface area contributed by atoms with Gasteiger partial charge in [-0.2, -0.15) is 8.42 Å². The Morgan fingerprint density at radius 2 is 1.93 bits per heavy atom. The number of carbonyl (C=O) groups is 1. The number of amidine groups is 1. The minimum Gasteiger partial charge on any atom is -0.461 e. The van der Waals surface area contributed by atoms with Gasteiger partial charge in [-0.05, 0) is 35.2 Å². The lowest BCUT2D eigenvalue weighted by atomic mass is 9.85. The third-order valence-electron chi connectivity index (χ3n) is 4.23. The first-order valence-electron chi connectivity index (χ1n) is 8.75. The van der Waals surface area contributed by atoms with Crippen molar-refractivity contribution in [2.75, 3.05) is 5.32 Å². The zero-order valence-corrected chi connectivity index (χ0v) is 17.2. The highest BCUT2D eigenvalue weighted by molar-refractivity contribution is 7.90. The van der Waals surface area contributed by atoms with Crippen molar-refractivity contribution >= 4 is 39.1 Å². The Balaban J connectivity index is 1.62. The van der Waals surface area contributed by atoms with Crippen LogP contribution in [0.3, 0.4) is 0 Å². The molecule has 0 saturated heterocycles. The number of fused-ring (bicyclic) bond motifs is 1. The average molecular weight is 421 g/mol. The molecule has 1 heterocycles. The van der Waals surface area contributed by atoms with E-state index in [1.807, 2.05) is 19.9 Å². The zero-order valence-electron chi connectivity index (χ0n) is 15.6. The summed E-state index contributed by atoms with van der Waals surface area (Å²) < 4.78 is 33.9. The molecule has 28 heavy (non-hydrogen) atoms. The first-order chi connectivity index (χ1) is 13.1. The van der Waals surface area contributed by atoms with Crippen LogP contribution in [0.1, 0.15) is 32.3 Å². The van der Waals surface area contributed by atoms with Crippen molar-refractivity contribution in [3.05, 3.63) is 59.1 Å². The van der Waals surface area contributed by atoms with Gasteiger partial charge >= 0.3 is 5.97 Å². The SMILES string of the molecule is CC(C)(CC(=O)OCc1cccc(Cl)c1)CC1=NS(=O)(=O)c2ccccc2N1. The number of nitrogens with one attached hydrogen (secondary N) is 1. The van der Waals surface area contributed by atoms with Gasteiger partial charge in [-0.15, -0.1) is 4.40 Å². The molecule has 0 radical (unpaired) electrons. The molecule has 2 aromatic rings. The smallest absolute Gasteiger partial charge is 0.306 e. The lowest BCUT2D eigenvalue weighted by Crippen LogP contribution is -2.29. The van der Waals surface area contributed by atoms with Gasteiger partial charge in [0.25, 0.3) is 10.0 Å². The van der Waals surface area contributed by atoms with Crippen molar-refractivity contribution in [1.29, 1.82) is 0 Å². The molecule has 1 aliphatic rings. The molecular weight excluding hydrogens is 400 g/mol. The summed E-state index contributed by atoms with van der Waals surface area (Å²) in [7, 11) is -3.75. The number of ether oxygens (including phenoxy) is 1. The Morgan fingerprint density at radius 3 is 2.68 bits per heavy atom. The number of sulfonamides is 1. The van der Waals surface area contributed by atoms with E-state index in [1.54, 1.807) is 36.4 Å². The lowest BCUT2D eigenvalue weighted by molar-refractivity contribution is -0.147. The molecule has 0 fully saturated rings. The molecule has 3 rings (SSSR count). The molecular formula is C20H21ClN2O4S. The van der Waals surface area contributed by atoms with Crippen LogP contribution < -0.4 is 5.32 Å². The molecule has 1 N–H and O–H groups in total. The topological polar surface area (TPSA) is 84.8 Å². The summed E-state index contributed by atoms with van der Waals surface area (Å²) in [5.74, 6) is -0.0593. The van der Waals surface area contributed by atoms with Crippen LogP contribution in [0.25, 0.3) is 0 Å². The number of hydrogen-bond acceptors (Lipinski definition) is 5. The minimum atomic E-state index is -3.75. The Hall–Kier alpha value is -2.38. The molecule has 148 valence electrons. The molecule has 6 nitrogen and oxygen atoms in total. The number of benzene rings is 2. The Kier molecular flexibility index (Phi) is 5.76. The van der Waals surface area contributed by atoms with Crippen LogP contribution in [0.2, 0.25) is 5.02 Å². The van der Waals surface area contributed by atoms with Gasteiger partial charge in [0.2, 0.25) is 0 Å². The van der Waals surface area contributed by atoms with Crippen LogP contribution in [0.5, 0.6) is 0 Å². The maximum atomic E-state index is 12.3. The predicted molar refractivity (Wildman–Crippen MR) is 109 cm³/mol. The normalized spacial score (nSPS) is 15.2. The van der Waals surface area contributed by atoms with E-state index in [-0.39, 0.29) is 30.3 Å². The molecule has 0 aromatic heterocycles. The monoisotopic (exact) mass is 420 g/mol. The van der Waals surface area contributed by atoms with E-state index in [2.05, 4.69) is 9.71 Å². The summed E-state index contributed by atoms with van der Waals surface area (Å²) >= 11 is 5.92. The molecule has 0 bridgehead atoms. The molecule has 2 aromatic carbocycles. The Bertz CT molecular complexity index is 1030. The molecule has 0 atom stereocenters. The van der Waals surface area contributed by atoms with Gasteiger partial charge in [-0.3, -0.25) is 4.79 Å². The van der Waals surface area contributed by atoms with Crippen molar-refractivity contribution in [3.63, 3.8) is 0 Å². The number of para-hydroxylation sites is 1. The molecule has 0 spiro atoms. The fourth-order valence-electron chi connectivity index (χ4n) is 2.99. The quantitative estimate of drug-likeness (QED) is 0.700. The second-order valence-corrected chi connectivity index (χ2v) is 9.45. The summed E-state index contributed by atoms with van der Waals surface area (Å²) in [5, 5.41) is 3.63. The van der Waals surface area contributed by atoms with E-state index >= 15 is 0 Å². The predicted octanol–water partition coefficient (Wildman–Crippen LogP) is 4.40. The fourth-order valence-corrected chi connectivity index (χ4v) is 4.35. The number of carbonyl (C=O) groups excluding carboxylic acids is 1. The Morgan fingerprint density at radius 1 is 1.18 bits per heavy atom. The molecule has 1 aliphatic heterocycles. The van der Waals surface area contributed by atoms with Crippen molar-refractivity contribution in [3.8, 4) is 0 Å². The number of anilines is 1. The highest BCUT2D eigenvalue weighted by Crippen LogP contribution is 2.32.